The molecule has 0 saturated heterocycles. The van der Waals surface area contributed by atoms with E-state index < -0.39 is 18.1 Å². The molecule has 0 aliphatic rings. The van der Waals surface area contributed by atoms with E-state index in [-0.39, 0.29) is 31.1 Å². The van der Waals surface area contributed by atoms with E-state index in [1.165, 1.54) is 0 Å². The van der Waals surface area contributed by atoms with Gasteiger partial charge in [0.15, 0.2) is 0 Å². The number of aliphatic hydroxyl groups is 1. The third-order valence-electron chi connectivity index (χ3n) is 2.47. The van der Waals surface area contributed by atoms with Crippen LogP contribution in [0, 0.1) is 0 Å². The molecule has 1 unspecified atom stereocenters. The molecule has 0 radical (unpaired) electrons. The van der Waals surface area contributed by atoms with Crippen molar-refractivity contribution in [2.75, 3.05) is 19.7 Å². The van der Waals surface area contributed by atoms with Crippen LogP contribution in [0.2, 0.25) is 10.0 Å². The Labute approximate surface area is 137 Å². The molecule has 0 fully saturated rings. The van der Waals surface area contributed by atoms with E-state index in [0.29, 0.717) is 10.8 Å². The first-order chi connectivity index (χ1) is 10.4. The van der Waals surface area contributed by atoms with Gasteiger partial charge in [-0.2, -0.15) is 0 Å². The summed E-state index contributed by atoms with van der Waals surface area (Å²) in [6, 6.07) is 4.30. The topological polar surface area (TPSA) is 108 Å². The fourth-order valence-corrected chi connectivity index (χ4v) is 1.74. The van der Waals surface area contributed by atoms with E-state index in [0.717, 1.165) is 0 Å². The molecule has 1 atom stereocenters. The number of aliphatic carboxylic acids is 1. The van der Waals surface area contributed by atoms with Crippen LogP contribution in [0.5, 0.6) is 5.75 Å². The van der Waals surface area contributed by atoms with Gasteiger partial charge in [0.25, 0.3) is 0 Å². The van der Waals surface area contributed by atoms with E-state index in [1.54, 1.807) is 18.2 Å². The van der Waals surface area contributed by atoms with Crippen LogP contribution in [0.3, 0.4) is 0 Å². The smallest absolute Gasteiger partial charge is 0.314 e. The molecule has 4 N–H and O–H groups in total. The normalized spacial score (nSPS) is 11.6. The molecular formula is C13H16Cl2N2O5. The van der Waals surface area contributed by atoms with E-state index in [2.05, 4.69) is 10.6 Å². The number of ether oxygens (including phenoxy) is 1. The number of carboxylic acids is 1. The number of rotatable bonds is 8. The van der Waals surface area contributed by atoms with Gasteiger partial charge in [-0.05, 0) is 12.1 Å². The van der Waals surface area contributed by atoms with Crippen molar-refractivity contribution >= 4 is 35.2 Å². The average Bonchev–Trinajstić information content (AvgIpc) is 2.46. The summed E-state index contributed by atoms with van der Waals surface area (Å²) in [6.07, 6.45) is -1.13. The number of nitrogens with one attached hydrogen (secondary N) is 2. The van der Waals surface area contributed by atoms with E-state index in [1.807, 2.05) is 0 Å². The highest BCUT2D eigenvalue weighted by Gasteiger charge is 2.10. The van der Waals surface area contributed by atoms with Crippen molar-refractivity contribution in [3.8, 4) is 5.75 Å². The second kappa shape index (κ2) is 9.34. The maximum absolute atomic E-state index is 11.3. The van der Waals surface area contributed by atoms with Crippen molar-refractivity contribution in [1.29, 1.82) is 0 Å². The number of carbonyl (C=O) groups excluding carboxylic acids is 1. The summed E-state index contributed by atoms with van der Waals surface area (Å²) in [7, 11) is 0. The predicted octanol–water partition coefficient (Wildman–Crippen LogP) is 1.51. The molecule has 1 rings (SSSR count). The highest BCUT2D eigenvalue weighted by molar-refractivity contribution is 6.42. The molecule has 7 nitrogen and oxygen atoms in total. The van der Waals surface area contributed by atoms with Crippen LogP contribution in [0.4, 0.5) is 4.79 Å². The van der Waals surface area contributed by atoms with Crippen molar-refractivity contribution in [3.05, 3.63) is 28.2 Å². The van der Waals surface area contributed by atoms with Gasteiger partial charge in [-0.15, -0.1) is 0 Å². The number of carboxylic acid groups (broad SMARTS) is 1. The predicted molar refractivity (Wildman–Crippen MR) is 81.6 cm³/mol. The minimum absolute atomic E-state index is 0.00584. The molecule has 9 heteroatoms. The van der Waals surface area contributed by atoms with E-state index in [4.69, 9.17) is 33.0 Å². The van der Waals surface area contributed by atoms with E-state index >= 15 is 0 Å². The van der Waals surface area contributed by atoms with Crippen LogP contribution in [-0.2, 0) is 4.79 Å². The zero-order chi connectivity index (χ0) is 16.5. The van der Waals surface area contributed by atoms with Crippen molar-refractivity contribution < 1.29 is 24.5 Å². The quantitative estimate of drug-likeness (QED) is 0.568. The zero-order valence-corrected chi connectivity index (χ0v) is 13.0. The lowest BCUT2D eigenvalue weighted by atomic mass is 10.3. The van der Waals surface area contributed by atoms with Gasteiger partial charge >= 0.3 is 12.0 Å². The second-order valence-electron chi connectivity index (χ2n) is 4.30. The fraction of sp³-hybridized carbons (Fsp3) is 0.385. The molecule has 0 heterocycles. The summed E-state index contributed by atoms with van der Waals surface area (Å²) >= 11 is 11.7. The summed E-state index contributed by atoms with van der Waals surface area (Å²) < 4.78 is 5.31. The Morgan fingerprint density at radius 1 is 1.27 bits per heavy atom. The molecule has 0 saturated carbocycles. The largest absolute Gasteiger partial charge is 0.489 e. The van der Waals surface area contributed by atoms with Crippen LogP contribution in [0.1, 0.15) is 6.42 Å². The lowest BCUT2D eigenvalue weighted by molar-refractivity contribution is -0.136. The first-order valence-corrected chi connectivity index (χ1v) is 7.14. The Balaban J connectivity index is 2.26. The third-order valence-corrected chi connectivity index (χ3v) is 3.27. The molecule has 1 aromatic carbocycles. The second-order valence-corrected chi connectivity index (χ2v) is 5.08. The number of hydrogen-bond acceptors (Lipinski definition) is 4. The monoisotopic (exact) mass is 350 g/mol. The van der Waals surface area contributed by atoms with Gasteiger partial charge < -0.3 is 25.6 Å². The highest BCUT2D eigenvalue weighted by atomic mass is 35.5. The molecule has 122 valence electrons. The first-order valence-electron chi connectivity index (χ1n) is 6.38. The van der Waals surface area contributed by atoms with Crippen molar-refractivity contribution in [3.63, 3.8) is 0 Å². The van der Waals surface area contributed by atoms with Crippen LogP contribution in [0.15, 0.2) is 18.2 Å². The van der Waals surface area contributed by atoms with Crippen molar-refractivity contribution in [1.82, 2.24) is 10.6 Å². The summed E-state index contributed by atoms with van der Waals surface area (Å²) in [5, 5.41) is 23.4. The van der Waals surface area contributed by atoms with Crippen molar-refractivity contribution in [2.24, 2.45) is 0 Å². The Morgan fingerprint density at radius 3 is 2.68 bits per heavy atom. The number of carbonyl (C=O) groups is 2. The van der Waals surface area contributed by atoms with Crippen LogP contribution in [-0.4, -0.2) is 48.0 Å². The molecular weight excluding hydrogens is 335 g/mol. The molecule has 2 amide bonds. The van der Waals surface area contributed by atoms with Crippen LogP contribution < -0.4 is 15.4 Å². The minimum atomic E-state index is -1.01. The zero-order valence-electron chi connectivity index (χ0n) is 11.5. The molecule has 0 aromatic heterocycles. The number of urea groups is 1. The summed E-state index contributed by atoms with van der Waals surface area (Å²) in [5.74, 6) is -0.675. The van der Waals surface area contributed by atoms with Gasteiger partial charge in [-0.1, -0.05) is 29.3 Å². The SMILES string of the molecule is O=C(O)CCNC(=O)NCC(O)COc1cccc(Cl)c1Cl. The van der Waals surface area contributed by atoms with Gasteiger partial charge in [0.1, 0.15) is 23.5 Å². The number of aliphatic hydroxyl groups excluding tert-OH is 1. The standard InChI is InChI=1S/C13H16Cl2N2O5/c14-9-2-1-3-10(12(9)15)22-7-8(18)6-17-13(21)16-5-4-11(19)20/h1-3,8,18H,4-7H2,(H,19,20)(H2,16,17,21). The first kappa shape index (κ1) is 18.3. The number of halogens is 2. The van der Waals surface area contributed by atoms with Gasteiger partial charge in [0, 0.05) is 13.1 Å². The Hall–Kier alpha value is -1.70. The van der Waals surface area contributed by atoms with Crippen molar-refractivity contribution in [2.45, 2.75) is 12.5 Å². The summed E-state index contributed by atoms with van der Waals surface area (Å²) in [4.78, 5) is 21.6. The number of hydrogen-bond donors (Lipinski definition) is 4. The van der Waals surface area contributed by atoms with Gasteiger partial charge in [0.2, 0.25) is 0 Å². The third kappa shape index (κ3) is 6.84. The van der Waals surface area contributed by atoms with Crippen LogP contribution in [0.25, 0.3) is 0 Å². The van der Waals surface area contributed by atoms with Gasteiger partial charge in [-0.3, -0.25) is 4.79 Å². The lowest BCUT2D eigenvalue weighted by Crippen LogP contribution is -2.41. The lowest BCUT2D eigenvalue weighted by Gasteiger charge is -2.14. The Morgan fingerprint density at radius 2 is 2.00 bits per heavy atom. The molecule has 0 aliphatic heterocycles. The maximum atomic E-state index is 11.3. The molecule has 22 heavy (non-hydrogen) atoms. The van der Waals surface area contributed by atoms with E-state index in [9.17, 15) is 14.7 Å². The molecule has 0 spiro atoms. The molecule has 0 aliphatic carbocycles. The average molecular weight is 351 g/mol. The fourth-order valence-electron chi connectivity index (χ4n) is 1.40. The number of amides is 2. The highest BCUT2D eigenvalue weighted by Crippen LogP contribution is 2.31. The van der Waals surface area contributed by atoms with Gasteiger partial charge in [-0.25, -0.2) is 4.79 Å². The molecule has 1 aromatic rings. The Kier molecular flexibility index (Phi) is 7.79. The maximum Gasteiger partial charge on any atom is 0.314 e. The van der Waals surface area contributed by atoms with Gasteiger partial charge in [0.05, 0.1) is 11.4 Å². The summed E-state index contributed by atoms with van der Waals surface area (Å²) in [5.41, 5.74) is 0. The minimum Gasteiger partial charge on any atom is -0.489 e. The molecule has 0 bridgehead atoms. The number of benzene rings is 1. The summed E-state index contributed by atoms with van der Waals surface area (Å²) in [6.45, 7) is -0.140. The van der Waals surface area contributed by atoms with Crippen LogP contribution >= 0.6 is 23.2 Å². The Bertz CT molecular complexity index is 527.